The molecular formula is C16H12ClFN4OS. The van der Waals surface area contributed by atoms with Crippen LogP contribution in [0.1, 0.15) is 5.82 Å². The van der Waals surface area contributed by atoms with E-state index in [4.69, 9.17) is 17.3 Å². The Bertz CT molecular complexity index is 989. The number of halogens is 2. The number of fused-ring (bicyclic) bond motifs is 1. The smallest absolute Gasteiger partial charge is 0.258 e. The third kappa shape index (κ3) is 3.74. The van der Waals surface area contributed by atoms with Crippen molar-refractivity contribution in [1.82, 2.24) is 9.97 Å². The van der Waals surface area contributed by atoms with Gasteiger partial charge in [-0.2, -0.15) is 0 Å². The van der Waals surface area contributed by atoms with Gasteiger partial charge in [0, 0.05) is 0 Å². The van der Waals surface area contributed by atoms with Crippen LogP contribution in [-0.4, -0.2) is 15.1 Å². The van der Waals surface area contributed by atoms with Crippen molar-refractivity contribution in [2.75, 3.05) is 0 Å². The SMILES string of the molecule is NC(=Nc1ccc(F)c(Cl)c1)SCc1nc2ccccc2c(=O)[nH]1. The van der Waals surface area contributed by atoms with Crippen molar-refractivity contribution < 1.29 is 4.39 Å². The van der Waals surface area contributed by atoms with Gasteiger partial charge in [0.1, 0.15) is 11.6 Å². The van der Waals surface area contributed by atoms with E-state index in [1.54, 1.807) is 18.2 Å². The van der Waals surface area contributed by atoms with Gasteiger partial charge < -0.3 is 10.7 Å². The van der Waals surface area contributed by atoms with Crippen molar-refractivity contribution in [2.45, 2.75) is 5.75 Å². The molecule has 0 fully saturated rings. The number of aromatic nitrogens is 2. The van der Waals surface area contributed by atoms with Crippen LogP contribution in [0.4, 0.5) is 10.1 Å². The van der Waals surface area contributed by atoms with E-state index in [0.29, 0.717) is 28.2 Å². The standard InChI is InChI=1S/C16H12ClFN4OS/c17-11-7-9(5-6-12(11)18)20-16(19)24-8-14-21-13-4-2-1-3-10(13)15(23)22-14/h1-7H,8H2,(H2,19,20)(H,21,22,23). The molecule has 0 atom stereocenters. The summed E-state index contributed by atoms with van der Waals surface area (Å²) in [4.78, 5) is 23.2. The van der Waals surface area contributed by atoms with Gasteiger partial charge in [0.05, 0.1) is 27.4 Å². The van der Waals surface area contributed by atoms with Crippen molar-refractivity contribution in [2.24, 2.45) is 10.7 Å². The van der Waals surface area contributed by atoms with Gasteiger partial charge in [-0.15, -0.1) is 0 Å². The molecule has 3 N–H and O–H groups in total. The number of H-pyrrole nitrogens is 1. The van der Waals surface area contributed by atoms with Crippen molar-refractivity contribution in [3.63, 3.8) is 0 Å². The molecule has 0 radical (unpaired) electrons. The second-order valence-corrected chi connectivity index (χ2v) is 6.27. The first-order valence-corrected chi connectivity index (χ1v) is 8.29. The first-order valence-electron chi connectivity index (χ1n) is 6.93. The lowest BCUT2D eigenvalue weighted by molar-refractivity contribution is 0.628. The molecular weight excluding hydrogens is 351 g/mol. The molecule has 0 spiro atoms. The van der Waals surface area contributed by atoms with Gasteiger partial charge in [0.15, 0.2) is 5.17 Å². The molecule has 8 heteroatoms. The highest BCUT2D eigenvalue weighted by atomic mass is 35.5. The molecule has 0 aliphatic carbocycles. The average Bonchev–Trinajstić information content (AvgIpc) is 2.56. The summed E-state index contributed by atoms with van der Waals surface area (Å²) in [6, 6.07) is 11.2. The van der Waals surface area contributed by atoms with Crippen LogP contribution in [-0.2, 0) is 5.75 Å². The summed E-state index contributed by atoms with van der Waals surface area (Å²) in [6.07, 6.45) is 0. The van der Waals surface area contributed by atoms with Crippen molar-refractivity contribution in [3.8, 4) is 0 Å². The number of hydrogen-bond donors (Lipinski definition) is 2. The molecule has 0 unspecified atom stereocenters. The van der Waals surface area contributed by atoms with Gasteiger partial charge >= 0.3 is 0 Å². The predicted molar refractivity (Wildman–Crippen MR) is 96.4 cm³/mol. The maximum atomic E-state index is 13.1. The van der Waals surface area contributed by atoms with Gasteiger partial charge in [-0.3, -0.25) is 4.79 Å². The topological polar surface area (TPSA) is 84.1 Å². The van der Waals surface area contributed by atoms with Gasteiger partial charge in [-0.05, 0) is 30.3 Å². The molecule has 5 nitrogen and oxygen atoms in total. The molecule has 0 aliphatic heterocycles. The highest BCUT2D eigenvalue weighted by Crippen LogP contribution is 2.22. The molecule has 24 heavy (non-hydrogen) atoms. The zero-order chi connectivity index (χ0) is 17.1. The van der Waals surface area contributed by atoms with E-state index in [1.165, 1.54) is 30.0 Å². The van der Waals surface area contributed by atoms with E-state index in [0.717, 1.165) is 0 Å². The van der Waals surface area contributed by atoms with Crippen molar-refractivity contribution in [1.29, 1.82) is 0 Å². The number of para-hydroxylation sites is 1. The second kappa shape index (κ2) is 7.02. The van der Waals surface area contributed by atoms with Crippen molar-refractivity contribution in [3.05, 3.63) is 69.5 Å². The molecule has 122 valence electrons. The van der Waals surface area contributed by atoms with Gasteiger partial charge in [-0.25, -0.2) is 14.4 Å². The first kappa shape index (κ1) is 16.5. The normalized spacial score (nSPS) is 11.8. The Morgan fingerprint density at radius 3 is 2.92 bits per heavy atom. The van der Waals surface area contributed by atoms with Crippen LogP contribution in [0.15, 0.2) is 52.3 Å². The summed E-state index contributed by atoms with van der Waals surface area (Å²) in [5, 5.41) is 0.775. The molecule has 3 aromatic rings. The minimum atomic E-state index is -0.514. The monoisotopic (exact) mass is 362 g/mol. The third-order valence-electron chi connectivity index (χ3n) is 3.16. The average molecular weight is 363 g/mol. The Morgan fingerprint density at radius 1 is 1.33 bits per heavy atom. The van der Waals surface area contributed by atoms with E-state index in [1.807, 2.05) is 6.07 Å². The molecule has 0 bridgehead atoms. The van der Waals surface area contributed by atoms with E-state index in [9.17, 15) is 9.18 Å². The number of amidine groups is 1. The molecule has 0 saturated heterocycles. The van der Waals surface area contributed by atoms with Gasteiger partial charge in [0.2, 0.25) is 0 Å². The lowest BCUT2D eigenvalue weighted by Crippen LogP contribution is -2.13. The highest BCUT2D eigenvalue weighted by molar-refractivity contribution is 8.13. The molecule has 2 aromatic carbocycles. The van der Waals surface area contributed by atoms with Crippen molar-refractivity contribution >= 4 is 45.1 Å². The summed E-state index contributed by atoms with van der Waals surface area (Å²) in [5.74, 6) is 0.336. The van der Waals surface area contributed by atoms with Crippen LogP contribution >= 0.6 is 23.4 Å². The Balaban J connectivity index is 1.76. The van der Waals surface area contributed by atoms with Crippen LogP contribution in [0.3, 0.4) is 0 Å². The molecule has 0 amide bonds. The fourth-order valence-electron chi connectivity index (χ4n) is 2.06. The number of rotatable bonds is 3. The number of nitrogens with one attached hydrogen (secondary N) is 1. The number of aromatic amines is 1. The van der Waals surface area contributed by atoms with Crippen LogP contribution in [0, 0.1) is 5.82 Å². The minimum absolute atomic E-state index is 0.0189. The molecule has 0 aliphatic rings. The predicted octanol–water partition coefficient (Wildman–Crippen LogP) is 3.60. The fourth-order valence-corrected chi connectivity index (χ4v) is 2.83. The summed E-state index contributed by atoms with van der Waals surface area (Å²) in [5.41, 5.74) is 6.72. The second-order valence-electron chi connectivity index (χ2n) is 4.87. The number of hydrogen-bond acceptors (Lipinski definition) is 4. The lowest BCUT2D eigenvalue weighted by Gasteiger charge is -2.03. The largest absolute Gasteiger partial charge is 0.378 e. The Kier molecular flexibility index (Phi) is 4.82. The zero-order valence-corrected chi connectivity index (χ0v) is 13.9. The molecule has 0 saturated carbocycles. The number of nitrogens with zero attached hydrogens (tertiary/aromatic N) is 2. The number of aliphatic imine (C=N–C) groups is 1. The van der Waals surface area contributed by atoms with Gasteiger partial charge in [-0.1, -0.05) is 35.5 Å². The highest BCUT2D eigenvalue weighted by Gasteiger charge is 2.05. The first-order chi connectivity index (χ1) is 11.5. The maximum absolute atomic E-state index is 13.1. The summed E-state index contributed by atoms with van der Waals surface area (Å²) in [6.45, 7) is 0. The maximum Gasteiger partial charge on any atom is 0.258 e. The Labute approximate surface area is 145 Å². The van der Waals surface area contributed by atoms with E-state index < -0.39 is 5.82 Å². The van der Waals surface area contributed by atoms with Crippen LogP contribution in [0.5, 0.6) is 0 Å². The number of thioether (sulfide) groups is 1. The summed E-state index contributed by atoms with van der Waals surface area (Å²) >= 11 is 6.91. The third-order valence-corrected chi connectivity index (χ3v) is 4.26. The minimum Gasteiger partial charge on any atom is -0.378 e. The van der Waals surface area contributed by atoms with Crippen LogP contribution < -0.4 is 11.3 Å². The van der Waals surface area contributed by atoms with E-state index in [-0.39, 0.29) is 15.7 Å². The van der Waals surface area contributed by atoms with Crippen LogP contribution in [0.25, 0.3) is 10.9 Å². The molecule has 1 aromatic heterocycles. The Morgan fingerprint density at radius 2 is 2.12 bits per heavy atom. The number of nitrogens with two attached hydrogens (primary N) is 1. The molecule has 1 heterocycles. The van der Waals surface area contributed by atoms with Gasteiger partial charge in [0.25, 0.3) is 5.56 Å². The fraction of sp³-hybridized carbons (Fsp3) is 0.0625. The zero-order valence-electron chi connectivity index (χ0n) is 12.3. The Hall–Kier alpha value is -2.38. The summed E-state index contributed by atoms with van der Waals surface area (Å²) in [7, 11) is 0. The number of benzene rings is 2. The molecule has 3 rings (SSSR count). The van der Waals surface area contributed by atoms with Crippen LogP contribution in [0.2, 0.25) is 5.02 Å². The quantitative estimate of drug-likeness (QED) is 0.550. The lowest BCUT2D eigenvalue weighted by atomic mass is 10.2. The van der Waals surface area contributed by atoms with E-state index >= 15 is 0 Å². The van der Waals surface area contributed by atoms with E-state index in [2.05, 4.69) is 15.0 Å². The summed E-state index contributed by atoms with van der Waals surface area (Å²) < 4.78 is 13.1.